The molecule has 1 amide bonds. The van der Waals surface area contributed by atoms with Crippen molar-refractivity contribution < 1.29 is 28.1 Å². The Labute approximate surface area is 244 Å². The van der Waals surface area contributed by atoms with Gasteiger partial charge in [-0.25, -0.2) is 0 Å². The third-order valence-corrected chi connectivity index (χ3v) is 10.4. The SMILES string of the molecule is COc1c[n+](N2C3CCC2CC(N(C)C)C3)cc(OC)c1NC(=O)c1ccc(Oc2cc([Si](C)(C)C)ccc2C)o1. The number of benzene rings is 1. The van der Waals surface area contributed by atoms with Gasteiger partial charge in [0.1, 0.15) is 11.4 Å². The minimum absolute atomic E-state index is 0.128. The summed E-state index contributed by atoms with van der Waals surface area (Å²) in [5.74, 6) is 1.71. The van der Waals surface area contributed by atoms with Gasteiger partial charge in [0.05, 0.1) is 34.4 Å². The first-order valence-electron chi connectivity index (χ1n) is 14.3. The van der Waals surface area contributed by atoms with Gasteiger partial charge < -0.3 is 28.8 Å². The topological polar surface area (TPSA) is 80.3 Å². The average molecular weight is 580 g/mol. The van der Waals surface area contributed by atoms with E-state index in [9.17, 15) is 4.79 Å². The summed E-state index contributed by atoms with van der Waals surface area (Å²) in [4.78, 5) is 15.6. The molecule has 3 aromatic rings. The molecule has 2 saturated heterocycles. The van der Waals surface area contributed by atoms with E-state index >= 15 is 0 Å². The maximum Gasteiger partial charge on any atom is 0.291 e. The molecule has 41 heavy (non-hydrogen) atoms. The molecule has 2 aliphatic rings. The highest BCUT2D eigenvalue weighted by Gasteiger charge is 2.46. The monoisotopic (exact) mass is 579 g/mol. The molecule has 5 rings (SSSR count). The fraction of sp³-hybridized carbons (Fsp3) is 0.484. The van der Waals surface area contributed by atoms with Crippen LogP contribution < -0.4 is 34.4 Å². The number of aromatic nitrogens is 1. The number of fused-ring (bicyclic) bond motifs is 2. The normalized spacial score (nSPS) is 20.3. The standard InChI is InChI=1S/C31H42N4O5Si/c1-20-9-12-24(41(6,7)8)17-26(20)40-29-14-13-25(39-29)31(36)32-30-27(37-4)18-34(19-28(30)38-5)35-21-10-11-22(35)16-23(15-21)33(2)3/h9,12-14,17-19,21-23H,10-11,15-16H2,1-8H3/p+1. The predicted molar refractivity (Wildman–Crippen MR) is 162 cm³/mol. The van der Waals surface area contributed by atoms with E-state index in [-0.39, 0.29) is 11.7 Å². The second-order valence-electron chi connectivity index (χ2n) is 12.4. The zero-order valence-corrected chi connectivity index (χ0v) is 26.5. The van der Waals surface area contributed by atoms with Crippen molar-refractivity contribution in [2.45, 2.75) is 70.4 Å². The Morgan fingerprint density at radius 3 is 2.20 bits per heavy atom. The van der Waals surface area contributed by atoms with E-state index in [0.717, 1.165) is 37.0 Å². The van der Waals surface area contributed by atoms with Crippen LogP contribution >= 0.6 is 0 Å². The van der Waals surface area contributed by atoms with E-state index < -0.39 is 14.0 Å². The number of hydrogen-bond acceptors (Lipinski definition) is 7. The first-order valence-corrected chi connectivity index (χ1v) is 17.8. The Balaban J connectivity index is 1.35. The van der Waals surface area contributed by atoms with Crippen LogP contribution in [0.15, 0.2) is 47.1 Å². The van der Waals surface area contributed by atoms with Crippen molar-refractivity contribution in [2.24, 2.45) is 0 Å². The maximum atomic E-state index is 13.3. The second kappa shape index (κ2) is 11.4. The van der Waals surface area contributed by atoms with Crippen molar-refractivity contribution in [3.8, 4) is 23.2 Å². The molecule has 4 heterocycles. The lowest BCUT2D eigenvalue weighted by molar-refractivity contribution is -0.701. The van der Waals surface area contributed by atoms with Gasteiger partial charge >= 0.3 is 0 Å². The van der Waals surface area contributed by atoms with Gasteiger partial charge in [-0.15, -0.1) is 0 Å². The molecular formula is C31H43N4O5Si+. The number of nitrogens with zero attached hydrogens (tertiary/aromatic N) is 3. The number of piperidine rings is 1. The van der Waals surface area contributed by atoms with Crippen LogP contribution in [0.5, 0.6) is 23.2 Å². The van der Waals surface area contributed by atoms with Crippen molar-refractivity contribution >= 4 is 24.9 Å². The summed E-state index contributed by atoms with van der Waals surface area (Å²) >= 11 is 0. The summed E-state index contributed by atoms with van der Waals surface area (Å²) in [5.41, 5.74) is 1.45. The number of furan rings is 1. The van der Waals surface area contributed by atoms with Crippen molar-refractivity contribution in [3.63, 3.8) is 0 Å². The number of rotatable bonds is 9. The van der Waals surface area contributed by atoms with E-state index in [2.05, 4.69) is 71.8 Å². The highest BCUT2D eigenvalue weighted by molar-refractivity contribution is 6.88. The lowest BCUT2D eigenvalue weighted by Crippen LogP contribution is -2.67. The molecule has 2 unspecified atom stereocenters. The largest absolute Gasteiger partial charge is 0.489 e. The van der Waals surface area contributed by atoms with Gasteiger partial charge in [-0.2, -0.15) is 5.01 Å². The van der Waals surface area contributed by atoms with Crippen LogP contribution in [0.25, 0.3) is 0 Å². The molecule has 2 aliphatic heterocycles. The summed E-state index contributed by atoms with van der Waals surface area (Å²) in [5, 5.41) is 6.66. The van der Waals surface area contributed by atoms with E-state index in [1.165, 1.54) is 5.19 Å². The third-order valence-electron chi connectivity index (χ3n) is 8.41. The number of amides is 1. The van der Waals surface area contributed by atoms with Gasteiger partial charge in [-0.1, -0.05) is 41.6 Å². The Bertz CT molecular complexity index is 1380. The van der Waals surface area contributed by atoms with E-state index in [1.807, 2.05) is 19.3 Å². The Morgan fingerprint density at radius 2 is 1.63 bits per heavy atom. The molecule has 2 bridgehead atoms. The number of carbonyl (C=O) groups is 1. The molecule has 1 N–H and O–H groups in total. The molecule has 2 atom stereocenters. The smallest absolute Gasteiger partial charge is 0.291 e. The van der Waals surface area contributed by atoms with Crippen LogP contribution in [0.1, 0.15) is 41.8 Å². The summed E-state index contributed by atoms with van der Waals surface area (Å²) in [6, 6.07) is 11.0. The summed E-state index contributed by atoms with van der Waals surface area (Å²) < 4.78 is 25.4. The third kappa shape index (κ3) is 5.94. The number of hydrogen-bond donors (Lipinski definition) is 1. The Hall–Kier alpha value is -3.50. The van der Waals surface area contributed by atoms with E-state index in [4.69, 9.17) is 18.6 Å². The van der Waals surface area contributed by atoms with Crippen molar-refractivity contribution in [1.82, 2.24) is 4.90 Å². The molecular weight excluding hydrogens is 536 g/mol. The Morgan fingerprint density at radius 1 is 1.00 bits per heavy atom. The molecule has 0 radical (unpaired) electrons. The number of ether oxygens (including phenoxy) is 3. The number of anilines is 1. The van der Waals surface area contributed by atoms with Crippen LogP contribution in [0, 0.1) is 6.92 Å². The zero-order chi connectivity index (χ0) is 29.5. The molecule has 0 saturated carbocycles. The molecule has 2 fully saturated rings. The lowest BCUT2D eigenvalue weighted by Gasteiger charge is -2.38. The number of nitrogens with one attached hydrogen (secondary N) is 1. The van der Waals surface area contributed by atoms with Crippen LogP contribution in [-0.4, -0.2) is 65.3 Å². The molecule has 10 heteroatoms. The van der Waals surface area contributed by atoms with Crippen LogP contribution in [0.4, 0.5) is 5.69 Å². The Kier molecular flexibility index (Phi) is 8.07. The van der Waals surface area contributed by atoms with Crippen molar-refractivity contribution in [3.05, 3.63) is 54.0 Å². The number of carbonyl (C=O) groups excluding carboxylic acids is 1. The molecule has 9 nitrogen and oxygen atoms in total. The summed E-state index contributed by atoms with van der Waals surface area (Å²) in [6.45, 7) is 8.88. The number of aryl methyl sites for hydroxylation is 1. The first-order chi connectivity index (χ1) is 19.5. The minimum Gasteiger partial charge on any atom is -0.489 e. The lowest BCUT2D eigenvalue weighted by atomic mass is 9.98. The molecule has 0 aliphatic carbocycles. The molecule has 1 aromatic carbocycles. The van der Waals surface area contributed by atoms with Crippen LogP contribution in [0.3, 0.4) is 0 Å². The first kappa shape index (κ1) is 29.0. The van der Waals surface area contributed by atoms with E-state index in [1.54, 1.807) is 26.4 Å². The van der Waals surface area contributed by atoms with Gasteiger partial charge in [0.25, 0.3) is 11.9 Å². The van der Waals surface area contributed by atoms with Gasteiger partial charge in [0.15, 0.2) is 5.76 Å². The predicted octanol–water partition coefficient (Wildman–Crippen LogP) is 4.68. The number of methoxy groups -OCH3 is 2. The van der Waals surface area contributed by atoms with Gasteiger partial charge in [0, 0.05) is 12.1 Å². The van der Waals surface area contributed by atoms with Crippen molar-refractivity contribution in [2.75, 3.05) is 38.6 Å². The number of pyridine rings is 1. The van der Waals surface area contributed by atoms with E-state index in [0.29, 0.717) is 35.3 Å². The quantitative estimate of drug-likeness (QED) is 0.291. The van der Waals surface area contributed by atoms with Gasteiger partial charge in [-0.3, -0.25) is 4.79 Å². The highest BCUT2D eigenvalue weighted by Crippen LogP contribution is 2.37. The maximum absolute atomic E-state index is 13.3. The second-order valence-corrected chi connectivity index (χ2v) is 17.5. The van der Waals surface area contributed by atoms with Gasteiger partial charge in [0.2, 0.25) is 23.9 Å². The van der Waals surface area contributed by atoms with Crippen LogP contribution in [-0.2, 0) is 0 Å². The fourth-order valence-electron chi connectivity index (χ4n) is 5.97. The average Bonchev–Trinajstić information content (AvgIpc) is 3.50. The fourth-order valence-corrected chi connectivity index (χ4v) is 7.12. The van der Waals surface area contributed by atoms with Crippen LogP contribution in [0.2, 0.25) is 19.6 Å². The summed E-state index contributed by atoms with van der Waals surface area (Å²) in [7, 11) is 6.01. The van der Waals surface area contributed by atoms with Crippen molar-refractivity contribution in [1.29, 1.82) is 0 Å². The minimum atomic E-state index is -1.51. The highest BCUT2D eigenvalue weighted by atomic mass is 28.3. The molecule has 220 valence electrons. The molecule has 0 spiro atoms. The van der Waals surface area contributed by atoms with Gasteiger partial charge in [-0.05, 0) is 64.4 Å². The summed E-state index contributed by atoms with van der Waals surface area (Å²) in [6.07, 6.45) is 8.40. The zero-order valence-electron chi connectivity index (χ0n) is 25.5. The molecule has 2 aromatic heterocycles.